The third kappa shape index (κ3) is 4.95. The number of nitrogens with zero attached hydrogens (tertiary/aromatic N) is 2. The van der Waals surface area contributed by atoms with Crippen LogP contribution in [0, 0.1) is 17.2 Å². The quantitative estimate of drug-likeness (QED) is 0.463. The summed E-state index contributed by atoms with van der Waals surface area (Å²) in [5.74, 6) is 3.07. The molecule has 0 radical (unpaired) electrons. The van der Waals surface area contributed by atoms with E-state index in [1.165, 1.54) is 11.1 Å². The molecule has 0 heterocycles. The lowest BCUT2D eigenvalue weighted by atomic mass is 9.69. The fourth-order valence-corrected chi connectivity index (χ4v) is 5.15. The minimum Gasteiger partial charge on any atom is -0.493 e. The maximum absolute atomic E-state index is 10.3. The van der Waals surface area contributed by atoms with Crippen LogP contribution in [0.4, 0.5) is 0 Å². The molecule has 1 aliphatic rings. The van der Waals surface area contributed by atoms with Crippen LogP contribution in [-0.4, -0.2) is 53.0 Å². The van der Waals surface area contributed by atoms with Crippen molar-refractivity contribution in [3.63, 3.8) is 0 Å². The number of hydrogen-bond acceptors (Lipinski definition) is 6. The molecule has 0 N–H and O–H groups in total. The summed E-state index contributed by atoms with van der Waals surface area (Å²) >= 11 is 0. The Morgan fingerprint density at radius 3 is 1.91 bits per heavy atom. The molecule has 2 aromatic rings. The van der Waals surface area contributed by atoms with E-state index in [4.69, 9.17) is 18.9 Å². The molecule has 0 aromatic heterocycles. The van der Waals surface area contributed by atoms with Gasteiger partial charge in [-0.05, 0) is 86.1 Å². The average molecular weight is 467 g/mol. The number of ether oxygens (including phenoxy) is 4. The van der Waals surface area contributed by atoms with Gasteiger partial charge in [-0.15, -0.1) is 0 Å². The van der Waals surface area contributed by atoms with E-state index in [2.05, 4.69) is 44.0 Å². The van der Waals surface area contributed by atoms with Gasteiger partial charge in [0.1, 0.15) is 0 Å². The van der Waals surface area contributed by atoms with Gasteiger partial charge in [-0.3, -0.25) is 0 Å². The van der Waals surface area contributed by atoms with E-state index in [0.29, 0.717) is 17.5 Å². The number of hydrogen-bond donors (Lipinski definition) is 0. The molecule has 6 nitrogen and oxygen atoms in total. The zero-order chi connectivity index (χ0) is 24.9. The first-order valence-corrected chi connectivity index (χ1v) is 11.9. The van der Waals surface area contributed by atoms with Crippen LogP contribution in [0.3, 0.4) is 0 Å². The molecule has 1 aliphatic carbocycles. The molecule has 34 heavy (non-hydrogen) atoms. The Hall–Kier alpha value is -2.91. The van der Waals surface area contributed by atoms with E-state index in [-0.39, 0.29) is 5.92 Å². The third-order valence-corrected chi connectivity index (χ3v) is 7.41. The molecule has 184 valence electrons. The smallest absolute Gasteiger partial charge is 0.161 e. The number of fused-ring (bicyclic) bond motifs is 1. The Morgan fingerprint density at radius 1 is 0.912 bits per heavy atom. The Morgan fingerprint density at radius 2 is 1.44 bits per heavy atom. The molecular formula is C28H38N2O4. The van der Waals surface area contributed by atoms with E-state index < -0.39 is 5.41 Å². The first kappa shape index (κ1) is 25.7. The highest BCUT2D eigenvalue weighted by atomic mass is 16.5. The largest absolute Gasteiger partial charge is 0.493 e. The van der Waals surface area contributed by atoms with Crippen molar-refractivity contribution in [3.8, 4) is 29.1 Å². The van der Waals surface area contributed by atoms with Crippen LogP contribution >= 0.6 is 0 Å². The monoisotopic (exact) mass is 466 g/mol. The Balaban J connectivity index is 1.70. The molecule has 0 fully saturated rings. The second-order valence-corrected chi connectivity index (χ2v) is 9.43. The lowest BCUT2D eigenvalue weighted by molar-refractivity contribution is 0.231. The first-order chi connectivity index (χ1) is 16.3. The number of benzene rings is 2. The molecule has 0 spiro atoms. The van der Waals surface area contributed by atoms with Crippen LogP contribution in [0.2, 0.25) is 0 Å². The summed E-state index contributed by atoms with van der Waals surface area (Å²) in [4.78, 5) is 2.43. The highest BCUT2D eigenvalue weighted by molar-refractivity contribution is 5.50. The van der Waals surface area contributed by atoms with Crippen molar-refractivity contribution in [3.05, 3.63) is 47.0 Å². The Labute approximate surface area is 204 Å². The van der Waals surface area contributed by atoms with Crippen molar-refractivity contribution in [1.29, 1.82) is 5.26 Å². The van der Waals surface area contributed by atoms with E-state index in [1.807, 2.05) is 18.2 Å². The van der Waals surface area contributed by atoms with Crippen LogP contribution < -0.4 is 18.9 Å². The van der Waals surface area contributed by atoms with Crippen molar-refractivity contribution in [1.82, 2.24) is 4.90 Å². The predicted octanol–water partition coefficient (Wildman–Crippen LogP) is 5.02. The molecule has 0 saturated carbocycles. The lowest BCUT2D eigenvalue weighted by Crippen LogP contribution is -2.35. The summed E-state index contributed by atoms with van der Waals surface area (Å²) in [5, 5.41) is 10.3. The summed E-state index contributed by atoms with van der Waals surface area (Å²) in [6.45, 7) is 5.17. The Bertz CT molecular complexity index is 997. The fraction of sp³-hybridized carbons (Fsp3) is 0.536. The zero-order valence-corrected chi connectivity index (χ0v) is 21.6. The van der Waals surface area contributed by atoms with Gasteiger partial charge >= 0.3 is 0 Å². The zero-order valence-electron chi connectivity index (χ0n) is 21.6. The third-order valence-electron chi connectivity index (χ3n) is 7.41. The molecule has 2 aromatic carbocycles. The van der Waals surface area contributed by atoms with Crippen molar-refractivity contribution >= 4 is 0 Å². The topological polar surface area (TPSA) is 64.0 Å². The predicted molar refractivity (Wildman–Crippen MR) is 134 cm³/mol. The van der Waals surface area contributed by atoms with Gasteiger partial charge in [-0.1, -0.05) is 19.9 Å². The van der Waals surface area contributed by atoms with Gasteiger partial charge in [0.2, 0.25) is 0 Å². The number of methoxy groups -OCH3 is 4. The van der Waals surface area contributed by atoms with Crippen LogP contribution in [0.5, 0.6) is 23.0 Å². The molecular weight excluding hydrogens is 428 g/mol. The lowest BCUT2D eigenvalue weighted by Gasteiger charge is -2.33. The summed E-state index contributed by atoms with van der Waals surface area (Å²) in [6, 6.07) is 13.2. The van der Waals surface area contributed by atoms with E-state index in [9.17, 15) is 5.26 Å². The molecule has 3 rings (SSSR count). The SMILES string of the molecule is COc1ccc(C(C#N)(CCCN(C)C2Cc3cc(OC)c(OC)cc3C2)C(C)C)cc1OC. The maximum Gasteiger partial charge on any atom is 0.161 e. The highest BCUT2D eigenvalue weighted by Gasteiger charge is 2.37. The first-order valence-electron chi connectivity index (χ1n) is 11.9. The van der Waals surface area contributed by atoms with Gasteiger partial charge in [0.15, 0.2) is 23.0 Å². The minimum atomic E-state index is -0.584. The minimum absolute atomic E-state index is 0.163. The second kappa shape index (κ2) is 11.0. The molecule has 0 aliphatic heterocycles. The molecule has 0 amide bonds. The van der Waals surface area contributed by atoms with Crippen LogP contribution in [-0.2, 0) is 18.3 Å². The fourth-order valence-electron chi connectivity index (χ4n) is 5.15. The summed E-state index contributed by atoms with van der Waals surface area (Å²) in [5.41, 5.74) is 3.05. The van der Waals surface area contributed by atoms with Crippen molar-refractivity contribution < 1.29 is 18.9 Å². The second-order valence-electron chi connectivity index (χ2n) is 9.43. The van der Waals surface area contributed by atoms with Gasteiger partial charge in [0, 0.05) is 6.04 Å². The Kier molecular flexibility index (Phi) is 8.33. The van der Waals surface area contributed by atoms with E-state index >= 15 is 0 Å². The highest BCUT2D eigenvalue weighted by Crippen LogP contribution is 2.41. The molecule has 1 atom stereocenters. The summed E-state index contributed by atoms with van der Waals surface area (Å²) in [7, 11) is 8.80. The average Bonchev–Trinajstić information content (AvgIpc) is 3.28. The van der Waals surface area contributed by atoms with Crippen LogP contribution in [0.1, 0.15) is 43.4 Å². The van der Waals surface area contributed by atoms with E-state index in [1.54, 1.807) is 28.4 Å². The van der Waals surface area contributed by atoms with Gasteiger partial charge in [0.25, 0.3) is 0 Å². The van der Waals surface area contributed by atoms with Gasteiger partial charge in [-0.25, -0.2) is 0 Å². The van der Waals surface area contributed by atoms with Crippen molar-refractivity contribution in [2.45, 2.75) is 51.0 Å². The number of likely N-dealkylation sites (N-methyl/N-ethyl adjacent to an activating group) is 1. The summed E-state index contributed by atoms with van der Waals surface area (Å²) in [6.07, 6.45) is 3.70. The number of rotatable bonds is 11. The standard InChI is InChI=1S/C28H38N2O4/c1-19(2)28(18-29,22-9-10-24(31-4)27(17-22)34-7)11-8-12-30(3)23-13-20-15-25(32-5)26(33-6)16-21(20)14-23/h9-10,15-17,19,23H,8,11-14H2,1-7H3. The normalized spacial score (nSPS) is 15.1. The van der Waals surface area contributed by atoms with Crippen LogP contribution in [0.15, 0.2) is 30.3 Å². The van der Waals surface area contributed by atoms with Gasteiger partial charge in [-0.2, -0.15) is 5.26 Å². The molecule has 0 saturated heterocycles. The molecule has 1 unspecified atom stereocenters. The van der Waals surface area contributed by atoms with Crippen molar-refractivity contribution in [2.75, 3.05) is 42.0 Å². The van der Waals surface area contributed by atoms with Gasteiger partial charge in [0.05, 0.1) is 39.9 Å². The molecule has 6 heteroatoms. The molecule has 0 bridgehead atoms. The van der Waals surface area contributed by atoms with E-state index in [0.717, 1.165) is 49.3 Å². The summed E-state index contributed by atoms with van der Waals surface area (Å²) < 4.78 is 21.9. The van der Waals surface area contributed by atoms with Crippen LogP contribution in [0.25, 0.3) is 0 Å². The number of nitriles is 1. The maximum atomic E-state index is 10.3. The van der Waals surface area contributed by atoms with Gasteiger partial charge < -0.3 is 23.8 Å². The van der Waals surface area contributed by atoms with Crippen molar-refractivity contribution in [2.24, 2.45) is 5.92 Å².